The molecule has 112 valence electrons. The van der Waals surface area contributed by atoms with Crippen LogP contribution in [0.15, 0.2) is 5.38 Å². The van der Waals surface area contributed by atoms with Crippen molar-refractivity contribution in [3.05, 3.63) is 16.1 Å². The fourth-order valence-corrected chi connectivity index (χ4v) is 3.71. The first-order chi connectivity index (χ1) is 9.57. The van der Waals surface area contributed by atoms with Gasteiger partial charge in [0.05, 0.1) is 22.7 Å². The van der Waals surface area contributed by atoms with Crippen molar-refractivity contribution >= 4 is 17.2 Å². The quantitative estimate of drug-likeness (QED) is 0.869. The zero-order chi connectivity index (χ0) is 14.6. The molecule has 0 unspecified atom stereocenters. The van der Waals surface area contributed by atoms with Crippen LogP contribution in [0.5, 0.6) is 0 Å². The molecule has 20 heavy (non-hydrogen) atoms. The Morgan fingerprint density at radius 2 is 2.05 bits per heavy atom. The highest BCUT2D eigenvalue weighted by atomic mass is 32.1. The second kappa shape index (κ2) is 6.68. The maximum absolute atomic E-state index is 12.8. The van der Waals surface area contributed by atoms with Crippen LogP contribution in [-0.4, -0.2) is 29.4 Å². The van der Waals surface area contributed by atoms with Gasteiger partial charge in [0.1, 0.15) is 0 Å². The number of aromatic nitrogens is 1. The summed E-state index contributed by atoms with van der Waals surface area (Å²) in [7, 11) is 1.87. The van der Waals surface area contributed by atoms with Crippen LogP contribution in [0.1, 0.15) is 49.2 Å². The zero-order valence-electron chi connectivity index (χ0n) is 12.5. The summed E-state index contributed by atoms with van der Waals surface area (Å²) >= 11 is 1.63. The summed E-state index contributed by atoms with van der Waals surface area (Å²) in [4.78, 5) is 19.1. The topological polar surface area (TPSA) is 59.2 Å². The highest BCUT2D eigenvalue weighted by Gasteiger charge is 2.39. The Labute approximate surface area is 125 Å². The van der Waals surface area contributed by atoms with Crippen molar-refractivity contribution in [2.45, 2.75) is 52.0 Å². The predicted molar refractivity (Wildman–Crippen MR) is 82.5 cm³/mol. The van der Waals surface area contributed by atoms with E-state index in [1.165, 1.54) is 12.8 Å². The molecule has 0 spiro atoms. The largest absolute Gasteiger partial charge is 0.339 e. The third kappa shape index (κ3) is 3.38. The molecule has 1 saturated carbocycles. The van der Waals surface area contributed by atoms with Crippen LogP contribution in [0.2, 0.25) is 0 Å². The number of hydrogen-bond donors (Lipinski definition) is 1. The number of hydrogen-bond acceptors (Lipinski definition) is 4. The molecule has 0 saturated heterocycles. The lowest BCUT2D eigenvalue weighted by molar-refractivity contribution is -0.141. The van der Waals surface area contributed by atoms with Gasteiger partial charge in [-0.3, -0.25) is 4.79 Å². The summed E-state index contributed by atoms with van der Waals surface area (Å²) < 4.78 is 0. The molecule has 0 atom stereocenters. The highest BCUT2D eigenvalue weighted by molar-refractivity contribution is 7.09. The summed E-state index contributed by atoms with van der Waals surface area (Å²) in [5.41, 5.74) is 6.62. The molecule has 1 fully saturated rings. The molecule has 2 N–H and O–H groups in total. The number of thiazole rings is 1. The normalized spacial score (nSPS) is 18.6. The van der Waals surface area contributed by atoms with E-state index in [0.717, 1.165) is 36.4 Å². The molecular weight excluding hydrogens is 270 g/mol. The molecule has 0 radical (unpaired) electrons. The monoisotopic (exact) mass is 295 g/mol. The van der Waals surface area contributed by atoms with Gasteiger partial charge in [-0.25, -0.2) is 4.98 Å². The summed E-state index contributed by atoms with van der Waals surface area (Å²) in [5.74, 6) is 0.201. The van der Waals surface area contributed by atoms with E-state index < -0.39 is 0 Å². The molecule has 4 nitrogen and oxygen atoms in total. The minimum absolute atomic E-state index is 0.201. The summed E-state index contributed by atoms with van der Waals surface area (Å²) in [6.45, 7) is 3.04. The lowest BCUT2D eigenvalue weighted by Crippen LogP contribution is -2.46. The van der Waals surface area contributed by atoms with E-state index in [1.54, 1.807) is 11.3 Å². The van der Waals surface area contributed by atoms with Gasteiger partial charge < -0.3 is 10.6 Å². The second-order valence-electron chi connectivity index (χ2n) is 5.92. The zero-order valence-corrected chi connectivity index (χ0v) is 13.3. The standard InChI is InChI=1S/C15H25N3OS/c1-12-17-13(10-20-12)9-18(2)14(19)15(11-16)7-5-3-4-6-8-15/h10H,3-9,11,16H2,1-2H3. The van der Waals surface area contributed by atoms with Gasteiger partial charge in [0.25, 0.3) is 0 Å². The van der Waals surface area contributed by atoms with Crippen LogP contribution in [-0.2, 0) is 11.3 Å². The van der Waals surface area contributed by atoms with Crippen molar-refractivity contribution in [1.82, 2.24) is 9.88 Å². The Bertz CT molecular complexity index is 450. The average Bonchev–Trinajstić information content (AvgIpc) is 2.71. The van der Waals surface area contributed by atoms with Crippen LogP contribution in [0.4, 0.5) is 0 Å². The van der Waals surface area contributed by atoms with Crippen LogP contribution in [0.25, 0.3) is 0 Å². The van der Waals surface area contributed by atoms with Gasteiger partial charge in [0, 0.05) is 19.0 Å². The van der Waals surface area contributed by atoms with E-state index in [2.05, 4.69) is 4.98 Å². The van der Waals surface area contributed by atoms with Gasteiger partial charge in [-0.05, 0) is 19.8 Å². The number of nitrogens with two attached hydrogens (primary N) is 1. The second-order valence-corrected chi connectivity index (χ2v) is 6.98. The average molecular weight is 295 g/mol. The molecule has 0 bridgehead atoms. The summed E-state index contributed by atoms with van der Waals surface area (Å²) in [6.07, 6.45) is 6.55. The van der Waals surface area contributed by atoms with Gasteiger partial charge >= 0.3 is 0 Å². The van der Waals surface area contributed by atoms with Gasteiger partial charge in [-0.2, -0.15) is 0 Å². The molecule has 1 aromatic rings. The fraction of sp³-hybridized carbons (Fsp3) is 0.733. The molecule has 1 heterocycles. The molecular formula is C15H25N3OS. The summed E-state index contributed by atoms with van der Waals surface area (Å²) in [5, 5.41) is 3.07. The molecule has 1 amide bonds. The minimum atomic E-state index is -0.337. The third-order valence-electron chi connectivity index (χ3n) is 4.32. The molecule has 0 aliphatic heterocycles. The molecule has 0 aromatic carbocycles. The molecule has 5 heteroatoms. The van der Waals surface area contributed by atoms with Crippen LogP contribution in [0, 0.1) is 12.3 Å². The first-order valence-electron chi connectivity index (χ1n) is 7.44. The Morgan fingerprint density at radius 1 is 1.40 bits per heavy atom. The van der Waals surface area contributed by atoms with Crippen molar-refractivity contribution in [2.75, 3.05) is 13.6 Å². The Balaban J connectivity index is 2.06. The Morgan fingerprint density at radius 3 is 2.55 bits per heavy atom. The molecule has 1 aromatic heterocycles. The number of aryl methyl sites for hydroxylation is 1. The molecule has 2 rings (SSSR count). The molecule has 1 aliphatic rings. The van der Waals surface area contributed by atoms with Crippen molar-refractivity contribution in [2.24, 2.45) is 11.1 Å². The smallest absolute Gasteiger partial charge is 0.230 e. The SMILES string of the molecule is Cc1nc(CN(C)C(=O)C2(CN)CCCCCC2)cs1. The van der Waals surface area contributed by atoms with Gasteiger partial charge in [0.2, 0.25) is 5.91 Å². The van der Waals surface area contributed by atoms with E-state index in [0.29, 0.717) is 13.1 Å². The number of rotatable bonds is 4. The van der Waals surface area contributed by atoms with E-state index in [4.69, 9.17) is 5.73 Å². The molecule has 1 aliphatic carbocycles. The van der Waals surface area contributed by atoms with E-state index in [-0.39, 0.29) is 11.3 Å². The van der Waals surface area contributed by atoms with Crippen LogP contribution >= 0.6 is 11.3 Å². The van der Waals surface area contributed by atoms with Crippen molar-refractivity contribution in [3.8, 4) is 0 Å². The maximum atomic E-state index is 12.8. The van der Waals surface area contributed by atoms with Crippen molar-refractivity contribution in [3.63, 3.8) is 0 Å². The first-order valence-corrected chi connectivity index (χ1v) is 8.32. The predicted octanol–water partition coefficient (Wildman–Crippen LogP) is 2.71. The van der Waals surface area contributed by atoms with Crippen molar-refractivity contribution in [1.29, 1.82) is 0 Å². The number of amides is 1. The Kier molecular flexibility index (Phi) is 5.16. The van der Waals surface area contributed by atoms with Crippen LogP contribution < -0.4 is 5.73 Å². The van der Waals surface area contributed by atoms with E-state index in [1.807, 2.05) is 24.3 Å². The number of carbonyl (C=O) groups is 1. The number of nitrogens with zero attached hydrogens (tertiary/aromatic N) is 2. The van der Waals surface area contributed by atoms with Gasteiger partial charge in [-0.1, -0.05) is 25.7 Å². The first kappa shape index (κ1) is 15.4. The minimum Gasteiger partial charge on any atom is -0.339 e. The Hall–Kier alpha value is -0.940. The number of carbonyl (C=O) groups excluding carboxylic acids is 1. The lowest BCUT2D eigenvalue weighted by atomic mass is 9.79. The highest BCUT2D eigenvalue weighted by Crippen LogP contribution is 2.36. The van der Waals surface area contributed by atoms with Crippen molar-refractivity contribution < 1.29 is 4.79 Å². The fourth-order valence-electron chi connectivity index (χ4n) is 3.11. The van der Waals surface area contributed by atoms with Gasteiger partial charge in [-0.15, -0.1) is 11.3 Å². The van der Waals surface area contributed by atoms with Crippen LogP contribution in [0.3, 0.4) is 0 Å². The van der Waals surface area contributed by atoms with Gasteiger partial charge in [0.15, 0.2) is 0 Å². The van der Waals surface area contributed by atoms with E-state index in [9.17, 15) is 4.79 Å². The lowest BCUT2D eigenvalue weighted by Gasteiger charge is -2.34. The summed E-state index contributed by atoms with van der Waals surface area (Å²) in [6, 6.07) is 0. The third-order valence-corrected chi connectivity index (χ3v) is 5.14. The van der Waals surface area contributed by atoms with E-state index >= 15 is 0 Å². The maximum Gasteiger partial charge on any atom is 0.230 e.